The maximum atomic E-state index is 11.8. The third-order valence-electron chi connectivity index (χ3n) is 2.08. The monoisotopic (exact) mass is 239 g/mol. The average Bonchev–Trinajstić information content (AvgIpc) is 2.30. The molecule has 0 radical (unpaired) electrons. The maximum Gasteiger partial charge on any atom is 0.344 e. The fraction of sp³-hybridized carbons (Fsp3) is 0.417. The van der Waals surface area contributed by atoms with Crippen LogP contribution in [0.3, 0.4) is 0 Å². The van der Waals surface area contributed by atoms with Gasteiger partial charge in [-0.3, -0.25) is 0 Å². The van der Waals surface area contributed by atoms with Gasteiger partial charge in [0.2, 0.25) is 0 Å². The van der Waals surface area contributed by atoms with Crippen LogP contribution in [0.25, 0.3) is 0 Å². The van der Waals surface area contributed by atoms with Gasteiger partial charge in [0.25, 0.3) is 0 Å². The van der Waals surface area contributed by atoms with Crippen LogP contribution >= 0.6 is 0 Å². The SMILES string of the molecule is CCOc1cccc(N)c1C(=O)OCCOC. The number of hydrogen-bond acceptors (Lipinski definition) is 5. The van der Waals surface area contributed by atoms with Crippen molar-refractivity contribution in [1.82, 2.24) is 0 Å². The third-order valence-corrected chi connectivity index (χ3v) is 2.08. The molecule has 1 aromatic carbocycles. The largest absolute Gasteiger partial charge is 0.493 e. The first-order valence-corrected chi connectivity index (χ1v) is 5.38. The topological polar surface area (TPSA) is 70.8 Å². The fourth-order valence-corrected chi connectivity index (χ4v) is 1.33. The number of rotatable bonds is 6. The predicted molar refractivity (Wildman–Crippen MR) is 64.2 cm³/mol. The fourth-order valence-electron chi connectivity index (χ4n) is 1.33. The van der Waals surface area contributed by atoms with Gasteiger partial charge >= 0.3 is 5.97 Å². The summed E-state index contributed by atoms with van der Waals surface area (Å²) in [7, 11) is 1.54. The molecule has 0 saturated carbocycles. The van der Waals surface area contributed by atoms with Gasteiger partial charge in [-0.15, -0.1) is 0 Å². The Balaban J connectivity index is 2.83. The summed E-state index contributed by atoms with van der Waals surface area (Å²) in [4.78, 5) is 11.8. The number of methoxy groups -OCH3 is 1. The summed E-state index contributed by atoms with van der Waals surface area (Å²) in [5, 5.41) is 0. The van der Waals surface area contributed by atoms with E-state index in [4.69, 9.17) is 19.9 Å². The van der Waals surface area contributed by atoms with E-state index >= 15 is 0 Å². The molecule has 0 atom stereocenters. The summed E-state index contributed by atoms with van der Waals surface area (Å²) >= 11 is 0. The Morgan fingerprint density at radius 3 is 2.76 bits per heavy atom. The van der Waals surface area contributed by atoms with E-state index in [1.165, 1.54) is 7.11 Å². The highest BCUT2D eigenvalue weighted by molar-refractivity contribution is 5.98. The predicted octanol–water partition coefficient (Wildman–Crippen LogP) is 1.47. The third kappa shape index (κ3) is 3.64. The van der Waals surface area contributed by atoms with E-state index in [0.29, 0.717) is 24.7 Å². The number of nitrogen functional groups attached to an aromatic ring is 1. The lowest BCUT2D eigenvalue weighted by molar-refractivity contribution is 0.0385. The first-order valence-electron chi connectivity index (χ1n) is 5.38. The lowest BCUT2D eigenvalue weighted by Crippen LogP contribution is -2.13. The van der Waals surface area contributed by atoms with E-state index in [1.54, 1.807) is 18.2 Å². The quantitative estimate of drug-likeness (QED) is 0.462. The molecule has 0 aromatic heterocycles. The van der Waals surface area contributed by atoms with Crippen molar-refractivity contribution in [2.45, 2.75) is 6.92 Å². The minimum Gasteiger partial charge on any atom is -0.493 e. The van der Waals surface area contributed by atoms with Gasteiger partial charge in [0.1, 0.15) is 17.9 Å². The van der Waals surface area contributed by atoms with Crippen molar-refractivity contribution in [3.05, 3.63) is 23.8 Å². The maximum absolute atomic E-state index is 11.8. The second-order valence-electron chi connectivity index (χ2n) is 3.28. The number of esters is 1. The van der Waals surface area contributed by atoms with Crippen LogP contribution in [0, 0.1) is 0 Å². The van der Waals surface area contributed by atoms with Crippen LogP contribution in [0.5, 0.6) is 5.75 Å². The number of nitrogens with two attached hydrogens (primary N) is 1. The zero-order valence-corrected chi connectivity index (χ0v) is 10.1. The summed E-state index contributed by atoms with van der Waals surface area (Å²) in [6, 6.07) is 5.05. The number of anilines is 1. The van der Waals surface area contributed by atoms with Crippen molar-refractivity contribution in [2.75, 3.05) is 32.7 Å². The Morgan fingerprint density at radius 2 is 2.12 bits per heavy atom. The highest BCUT2D eigenvalue weighted by atomic mass is 16.6. The van der Waals surface area contributed by atoms with Gasteiger partial charge in [-0.05, 0) is 19.1 Å². The summed E-state index contributed by atoms with van der Waals surface area (Å²) in [6.45, 7) is 2.84. The minimum atomic E-state index is -0.497. The van der Waals surface area contributed by atoms with Gasteiger partial charge in [0.05, 0.1) is 13.2 Å². The summed E-state index contributed by atoms with van der Waals surface area (Å²) in [6.07, 6.45) is 0. The Morgan fingerprint density at radius 1 is 1.35 bits per heavy atom. The molecular weight excluding hydrogens is 222 g/mol. The summed E-state index contributed by atoms with van der Waals surface area (Å²) < 4.78 is 15.1. The minimum absolute atomic E-state index is 0.190. The van der Waals surface area contributed by atoms with E-state index in [0.717, 1.165) is 0 Å². The van der Waals surface area contributed by atoms with Crippen molar-refractivity contribution in [3.8, 4) is 5.75 Å². The Hall–Kier alpha value is -1.75. The molecule has 94 valence electrons. The normalized spacial score (nSPS) is 10.0. The summed E-state index contributed by atoms with van der Waals surface area (Å²) in [5.41, 5.74) is 6.36. The van der Waals surface area contributed by atoms with Crippen LogP contribution in [0.1, 0.15) is 17.3 Å². The molecule has 0 aliphatic heterocycles. The molecule has 0 fully saturated rings. The molecule has 1 rings (SSSR count). The second kappa shape index (κ2) is 6.75. The van der Waals surface area contributed by atoms with Crippen molar-refractivity contribution in [1.29, 1.82) is 0 Å². The molecule has 5 heteroatoms. The van der Waals surface area contributed by atoms with Crippen molar-refractivity contribution >= 4 is 11.7 Å². The highest BCUT2D eigenvalue weighted by Gasteiger charge is 2.17. The molecular formula is C12H17NO4. The Bertz CT molecular complexity index is 379. The van der Waals surface area contributed by atoms with Crippen LogP contribution in [0.2, 0.25) is 0 Å². The molecule has 1 aromatic rings. The van der Waals surface area contributed by atoms with Gasteiger partial charge in [-0.2, -0.15) is 0 Å². The number of carbonyl (C=O) groups is 1. The highest BCUT2D eigenvalue weighted by Crippen LogP contribution is 2.25. The van der Waals surface area contributed by atoms with Gasteiger partial charge in [0, 0.05) is 12.8 Å². The molecule has 0 spiro atoms. The first-order chi connectivity index (χ1) is 8.20. The lowest BCUT2D eigenvalue weighted by Gasteiger charge is -2.11. The van der Waals surface area contributed by atoms with E-state index < -0.39 is 5.97 Å². The molecule has 0 saturated heterocycles. The average molecular weight is 239 g/mol. The number of ether oxygens (including phenoxy) is 3. The van der Waals surface area contributed by atoms with Crippen LogP contribution in [0.4, 0.5) is 5.69 Å². The molecule has 0 amide bonds. The van der Waals surface area contributed by atoms with Gasteiger partial charge in [-0.25, -0.2) is 4.79 Å². The number of hydrogen-bond donors (Lipinski definition) is 1. The molecule has 5 nitrogen and oxygen atoms in total. The van der Waals surface area contributed by atoms with E-state index in [2.05, 4.69) is 0 Å². The van der Waals surface area contributed by atoms with Gasteiger partial charge in [-0.1, -0.05) is 6.07 Å². The first kappa shape index (κ1) is 13.3. The van der Waals surface area contributed by atoms with Crippen LogP contribution < -0.4 is 10.5 Å². The van der Waals surface area contributed by atoms with Gasteiger partial charge < -0.3 is 19.9 Å². The lowest BCUT2D eigenvalue weighted by atomic mass is 10.1. The van der Waals surface area contributed by atoms with E-state index in [9.17, 15) is 4.79 Å². The summed E-state index contributed by atoms with van der Waals surface area (Å²) in [5.74, 6) is -0.0569. The molecule has 0 aliphatic rings. The van der Waals surface area contributed by atoms with Crippen molar-refractivity contribution in [2.24, 2.45) is 0 Å². The van der Waals surface area contributed by atoms with Crippen LogP contribution in [-0.2, 0) is 9.47 Å². The number of carbonyl (C=O) groups excluding carboxylic acids is 1. The molecule has 0 heterocycles. The van der Waals surface area contributed by atoms with Crippen molar-refractivity contribution in [3.63, 3.8) is 0 Å². The molecule has 0 aliphatic carbocycles. The molecule has 0 bridgehead atoms. The Kier molecular flexibility index (Phi) is 5.29. The van der Waals surface area contributed by atoms with E-state index in [1.807, 2.05) is 6.92 Å². The van der Waals surface area contributed by atoms with E-state index in [-0.39, 0.29) is 12.2 Å². The second-order valence-corrected chi connectivity index (χ2v) is 3.28. The smallest absolute Gasteiger partial charge is 0.344 e. The zero-order valence-electron chi connectivity index (χ0n) is 10.1. The van der Waals surface area contributed by atoms with Gasteiger partial charge in [0.15, 0.2) is 0 Å². The molecule has 17 heavy (non-hydrogen) atoms. The van der Waals surface area contributed by atoms with Crippen molar-refractivity contribution < 1.29 is 19.0 Å². The standard InChI is InChI=1S/C12H17NO4/c1-3-16-10-6-4-5-9(13)11(10)12(14)17-8-7-15-2/h4-6H,3,7-8,13H2,1-2H3. The van der Waals surface area contributed by atoms with Crippen LogP contribution in [-0.4, -0.2) is 32.9 Å². The Labute approximate surface area is 100 Å². The number of benzene rings is 1. The van der Waals surface area contributed by atoms with Crippen LogP contribution in [0.15, 0.2) is 18.2 Å². The molecule has 2 N–H and O–H groups in total. The zero-order chi connectivity index (χ0) is 12.7. The molecule has 0 unspecified atom stereocenters.